The van der Waals surface area contributed by atoms with Crippen molar-refractivity contribution in [3.63, 3.8) is 0 Å². The van der Waals surface area contributed by atoms with Crippen molar-refractivity contribution in [3.05, 3.63) is 69.9 Å². The highest BCUT2D eigenvalue weighted by Gasteiger charge is 2.14. The number of benzene rings is 2. The number of nitrogens with one attached hydrogen (secondary N) is 1. The number of rotatable bonds is 9. The second-order valence-electron chi connectivity index (χ2n) is 8.04. The third-order valence-corrected chi connectivity index (χ3v) is 7.15. The number of hydrogen-bond acceptors (Lipinski definition) is 6. The van der Waals surface area contributed by atoms with E-state index in [0.29, 0.717) is 31.2 Å². The van der Waals surface area contributed by atoms with Crippen LogP contribution in [0.25, 0.3) is 34.0 Å². The van der Waals surface area contributed by atoms with Crippen LogP contribution in [0, 0.1) is 13.8 Å². The van der Waals surface area contributed by atoms with Crippen LogP contribution in [0.5, 0.6) is 0 Å². The molecule has 0 saturated carbocycles. The molecule has 0 aliphatic heterocycles. The zero-order valence-corrected chi connectivity index (χ0v) is 20.2. The average molecular weight is 484 g/mol. The van der Waals surface area contributed by atoms with Gasteiger partial charge in [-0.15, -0.1) is 0 Å². The summed E-state index contributed by atoms with van der Waals surface area (Å²) in [6.45, 7) is 5.38. The Morgan fingerprint density at radius 3 is 2.42 bits per heavy atom. The number of aryl methyl sites for hydroxylation is 2. The molecule has 9 heteroatoms. The maximum absolute atomic E-state index is 10.9. The van der Waals surface area contributed by atoms with Crippen LogP contribution in [0.4, 0.5) is 0 Å². The number of hydrogen-bond donors (Lipinski definition) is 3. The van der Waals surface area contributed by atoms with E-state index in [-0.39, 0.29) is 6.16 Å². The molecule has 0 saturated heterocycles. The van der Waals surface area contributed by atoms with E-state index in [9.17, 15) is 4.57 Å². The van der Waals surface area contributed by atoms with Crippen molar-refractivity contribution >= 4 is 18.9 Å². The molecule has 0 unspecified atom stereocenters. The van der Waals surface area contributed by atoms with Crippen molar-refractivity contribution in [3.8, 4) is 34.0 Å². The molecule has 3 N–H and O–H groups in total. The minimum absolute atomic E-state index is 0.102. The minimum Gasteiger partial charge on any atom is -0.334 e. The van der Waals surface area contributed by atoms with Crippen molar-refractivity contribution < 1.29 is 18.9 Å². The molecule has 172 valence electrons. The molecule has 33 heavy (non-hydrogen) atoms. The lowest BCUT2D eigenvalue weighted by Gasteiger charge is -2.07. The highest BCUT2D eigenvalue weighted by Crippen LogP contribution is 2.34. The molecule has 2 aromatic carbocycles. The second-order valence-corrected chi connectivity index (χ2v) is 10.6. The SMILES string of the molecule is Cc1cc(-c2nc(-c3ccc(CNCCCP(=O)(O)O)cc3)no2)ccc1-c1cscc1C. The van der Waals surface area contributed by atoms with E-state index in [1.54, 1.807) is 11.3 Å². The average Bonchev–Trinajstić information content (AvgIpc) is 3.43. The van der Waals surface area contributed by atoms with E-state index < -0.39 is 7.60 Å². The fourth-order valence-corrected chi connectivity index (χ4v) is 5.03. The lowest BCUT2D eigenvalue weighted by molar-refractivity contribution is 0.371. The molecule has 7 nitrogen and oxygen atoms in total. The van der Waals surface area contributed by atoms with Gasteiger partial charge in [-0.25, -0.2) is 0 Å². The summed E-state index contributed by atoms with van der Waals surface area (Å²) >= 11 is 1.71. The van der Waals surface area contributed by atoms with Crippen molar-refractivity contribution in [1.29, 1.82) is 0 Å². The zero-order chi connectivity index (χ0) is 23.4. The van der Waals surface area contributed by atoms with Crippen LogP contribution in [0.15, 0.2) is 57.7 Å². The first-order valence-corrected chi connectivity index (χ1v) is 13.4. The van der Waals surface area contributed by atoms with Gasteiger partial charge in [0.1, 0.15) is 0 Å². The predicted molar refractivity (Wildman–Crippen MR) is 131 cm³/mol. The van der Waals surface area contributed by atoms with Crippen LogP contribution >= 0.6 is 18.9 Å². The van der Waals surface area contributed by atoms with Crippen LogP contribution < -0.4 is 5.32 Å². The Balaban J connectivity index is 1.40. The van der Waals surface area contributed by atoms with Crippen LogP contribution in [-0.4, -0.2) is 32.6 Å². The van der Waals surface area contributed by atoms with E-state index in [1.807, 2.05) is 30.3 Å². The molecule has 0 atom stereocenters. The van der Waals surface area contributed by atoms with Gasteiger partial charge < -0.3 is 19.6 Å². The van der Waals surface area contributed by atoms with Crippen molar-refractivity contribution in [2.75, 3.05) is 12.7 Å². The highest BCUT2D eigenvalue weighted by molar-refractivity contribution is 7.51. The molecule has 4 rings (SSSR count). The molecule has 0 bridgehead atoms. The summed E-state index contributed by atoms with van der Waals surface area (Å²) in [5.41, 5.74) is 7.71. The lowest BCUT2D eigenvalue weighted by Crippen LogP contribution is -2.15. The summed E-state index contributed by atoms with van der Waals surface area (Å²) in [7, 11) is -3.92. The molecule has 2 aromatic heterocycles. The Hall–Kier alpha value is -2.61. The standard InChI is InChI=1S/C24H26N3O4PS/c1-16-12-20(8-9-21(16)22-15-33-14-17(22)2)24-26-23(27-31-24)19-6-4-18(5-7-19)13-25-10-3-11-32(28,29)30/h4-9,12,14-15,25H,3,10-11,13H2,1-2H3,(H2,28,29,30). The predicted octanol–water partition coefficient (Wildman–Crippen LogP) is 5.41. The van der Waals surface area contributed by atoms with Crippen LogP contribution in [0.1, 0.15) is 23.1 Å². The van der Waals surface area contributed by atoms with Gasteiger partial charge in [0.15, 0.2) is 0 Å². The summed E-state index contributed by atoms with van der Waals surface area (Å²) in [5.74, 6) is 1.01. The van der Waals surface area contributed by atoms with Crippen LogP contribution in [0.3, 0.4) is 0 Å². The van der Waals surface area contributed by atoms with E-state index >= 15 is 0 Å². The zero-order valence-electron chi connectivity index (χ0n) is 18.5. The summed E-state index contributed by atoms with van der Waals surface area (Å²) < 4.78 is 16.4. The largest absolute Gasteiger partial charge is 0.334 e. The maximum atomic E-state index is 10.9. The Morgan fingerprint density at radius 1 is 1.00 bits per heavy atom. The van der Waals surface area contributed by atoms with Crippen molar-refractivity contribution in [2.45, 2.75) is 26.8 Å². The Morgan fingerprint density at radius 2 is 1.76 bits per heavy atom. The van der Waals surface area contributed by atoms with Gasteiger partial charge in [0, 0.05) is 17.7 Å². The van der Waals surface area contributed by atoms with E-state index in [1.165, 1.54) is 16.7 Å². The van der Waals surface area contributed by atoms with Gasteiger partial charge in [-0.2, -0.15) is 16.3 Å². The van der Waals surface area contributed by atoms with Crippen LogP contribution in [-0.2, 0) is 11.1 Å². The second kappa shape index (κ2) is 10.1. The topological polar surface area (TPSA) is 108 Å². The molecule has 0 fully saturated rings. The first-order valence-electron chi connectivity index (χ1n) is 10.6. The highest BCUT2D eigenvalue weighted by atomic mass is 32.1. The molecule has 0 radical (unpaired) electrons. The van der Waals surface area contributed by atoms with Gasteiger partial charge in [0.05, 0.1) is 6.16 Å². The third-order valence-electron chi connectivity index (χ3n) is 5.39. The monoisotopic (exact) mass is 483 g/mol. The van der Waals surface area contributed by atoms with E-state index in [4.69, 9.17) is 14.3 Å². The first kappa shape index (κ1) is 23.5. The first-order chi connectivity index (χ1) is 15.8. The van der Waals surface area contributed by atoms with Gasteiger partial charge >= 0.3 is 7.60 Å². The quantitative estimate of drug-likeness (QED) is 0.216. The summed E-state index contributed by atoms with van der Waals surface area (Å²) in [6, 6.07) is 14.0. The third kappa shape index (κ3) is 6.05. The van der Waals surface area contributed by atoms with Crippen molar-refractivity contribution in [1.82, 2.24) is 15.5 Å². The lowest BCUT2D eigenvalue weighted by atomic mass is 9.98. The van der Waals surface area contributed by atoms with Gasteiger partial charge in [0.2, 0.25) is 5.82 Å². The number of nitrogens with zero attached hydrogens (tertiary/aromatic N) is 2. The van der Waals surface area contributed by atoms with E-state index in [2.05, 4.69) is 52.2 Å². The summed E-state index contributed by atoms with van der Waals surface area (Å²) in [6.07, 6.45) is 0.330. The summed E-state index contributed by atoms with van der Waals surface area (Å²) in [5, 5.41) is 11.7. The molecule has 0 spiro atoms. The summed E-state index contributed by atoms with van der Waals surface area (Å²) in [4.78, 5) is 22.3. The van der Waals surface area contributed by atoms with Gasteiger partial charge in [-0.1, -0.05) is 35.5 Å². The van der Waals surface area contributed by atoms with Crippen LogP contribution in [0.2, 0.25) is 0 Å². The van der Waals surface area contributed by atoms with Crippen molar-refractivity contribution in [2.24, 2.45) is 0 Å². The molecule has 0 amide bonds. The Kier molecular flexibility index (Phi) is 7.22. The molecule has 2 heterocycles. The smallest absolute Gasteiger partial charge is 0.325 e. The maximum Gasteiger partial charge on any atom is 0.325 e. The Labute approximate surface area is 196 Å². The molecular formula is C24H26N3O4PS. The number of thiophene rings is 1. The van der Waals surface area contributed by atoms with E-state index in [0.717, 1.165) is 22.3 Å². The van der Waals surface area contributed by atoms with Gasteiger partial charge in [0.25, 0.3) is 5.89 Å². The molecule has 0 aliphatic carbocycles. The molecular weight excluding hydrogens is 457 g/mol. The fraction of sp³-hybridized carbons (Fsp3) is 0.250. The minimum atomic E-state index is -3.92. The van der Waals surface area contributed by atoms with Gasteiger partial charge in [-0.3, -0.25) is 4.57 Å². The number of aromatic nitrogens is 2. The van der Waals surface area contributed by atoms with Gasteiger partial charge in [-0.05, 0) is 77.5 Å². The molecule has 4 aromatic rings. The molecule has 0 aliphatic rings. The normalized spacial score (nSPS) is 11.8. The Bertz CT molecular complexity index is 1280. The fourth-order valence-electron chi connectivity index (χ4n) is 3.61.